The Morgan fingerprint density at radius 2 is 0.875 bits per heavy atom. The van der Waals surface area contributed by atoms with Crippen LogP contribution in [0.5, 0.6) is 0 Å². The maximum atomic E-state index is 2.47. The van der Waals surface area contributed by atoms with Crippen LogP contribution >= 0.6 is 0 Å². The Bertz CT molecular complexity index is 253. The topological polar surface area (TPSA) is 0 Å². The first-order valence-electron chi connectivity index (χ1n) is 6.86. The number of hydrogen-bond acceptors (Lipinski definition) is 0. The molecule has 1 rings (SSSR count). The van der Waals surface area contributed by atoms with Gasteiger partial charge >= 0.3 is 113 Å². The monoisotopic (exact) mass is 330 g/mol. The van der Waals surface area contributed by atoms with Crippen LogP contribution in [0.25, 0.3) is 0 Å². The predicted octanol–water partition coefficient (Wildman–Crippen LogP) is 3.17. The Morgan fingerprint density at radius 3 is 1.06 bits per heavy atom. The summed E-state index contributed by atoms with van der Waals surface area (Å²) in [4.78, 5) is 5.81. The van der Waals surface area contributed by atoms with Crippen molar-refractivity contribution < 1.29 is 0 Å². The molecule has 1 aromatic rings. The molecule has 0 unspecified atom stereocenters. The van der Waals surface area contributed by atoms with E-state index in [-0.39, 0.29) is 0 Å². The van der Waals surface area contributed by atoms with Crippen molar-refractivity contribution in [1.29, 1.82) is 0 Å². The summed E-state index contributed by atoms with van der Waals surface area (Å²) >= 11 is -2.16. The summed E-state index contributed by atoms with van der Waals surface area (Å²) in [6.07, 6.45) is 0. The van der Waals surface area contributed by atoms with Gasteiger partial charge in [0.2, 0.25) is 0 Å². The van der Waals surface area contributed by atoms with E-state index in [2.05, 4.69) is 52.0 Å². The second-order valence-corrected chi connectivity index (χ2v) is 20.2. The van der Waals surface area contributed by atoms with Crippen LogP contribution in [0.15, 0.2) is 24.3 Å². The third-order valence-corrected chi connectivity index (χ3v) is 17.7. The van der Waals surface area contributed by atoms with Gasteiger partial charge in [-0.1, -0.05) is 0 Å². The first-order valence-corrected chi connectivity index (χ1v) is 16.1. The summed E-state index contributed by atoms with van der Waals surface area (Å²) < 4.78 is 3.46. The van der Waals surface area contributed by atoms with Crippen molar-refractivity contribution in [3.8, 4) is 0 Å². The van der Waals surface area contributed by atoms with Crippen LogP contribution in [0.4, 0.5) is 0 Å². The van der Waals surface area contributed by atoms with Gasteiger partial charge in [-0.05, 0) is 0 Å². The summed E-state index contributed by atoms with van der Waals surface area (Å²) in [6, 6.07) is 9.88. The van der Waals surface area contributed by atoms with Gasteiger partial charge in [0.05, 0.1) is 0 Å². The molecule has 0 bridgehead atoms. The first-order chi connectivity index (χ1) is 7.76. The van der Waals surface area contributed by atoms with E-state index < -0.39 is 32.4 Å². The number of benzene rings is 1. The molecule has 0 atom stereocenters. The zero-order valence-electron chi connectivity index (χ0n) is 11.3. The third-order valence-electron chi connectivity index (χ3n) is 3.85. The summed E-state index contributed by atoms with van der Waals surface area (Å²) in [5, 5.41) is 0. The fraction of sp³-hybridized carbons (Fsp3) is 0.571. The first kappa shape index (κ1) is 14.6. The van der Waals surface area contributed by atoms with Crippen LogP contribution in [0, 0.1) is 0 Å². The Kier molecular flexibility index (Phi) is 7.05. The SMILES string of the molecule is C[CH2][Ga]([CH2]C)[c]1cc[c]([Ga]([CH2]C)[CH2]C)cc1. The molecular formula is C14H24Ga2. The molecule has 0 aliphatic carbocycles. The van der Waals surface area contributed by atoms with E-state index in [1.807, 2.05) is 0 Å². The van der Waals surface area contributed by atoms with E-state index in [1.54, 1.807) is 8.24 Å². The van der Waals surface area contributed by atoms with Gasteiger partial charge in [0, 0.05) is 0 Å². The van der Waals surface area contributed by atoms with Gasteiger partial charge in [-0.2, -0.15) is 0 Å². The fourth-order valence-corrected chi connectivity index (χ4v) is 12.0. The Hall–Kier alpha value is 0.493. The van der Waals surface area contributed by atoms with E-state index in [1.165, 1.54) is 19.9 Å². The molecule has 2 heteroatoms. The quantitative estimate of drug-likeness (QED) is 0.702. The van der Waals surface area contributed by atoms with Crippen molar-refractivity contribution in [2.24, 2.45) is 0 Å². The van der Waals surface area contributed by atoms with E-state index in [4.69, 9.17) is 0 Å². The molecule has 0 fully saturated rings. The number of hydrogen-bond donors (Lipinski definition) is 0. The second kappa shape index (κ2) is 7.75. The summed E-state index contributed by atoms with van der Waals surface area (Å²) in [5.41, 5.74) is 0. The fourth-order valence-electron chi connectivity index (χ4n) is 2.56. The molecule has 0 heterocycles. The van der Waals surface area contributed by atoms with Gasteiger partial charge in [0.15, 0.2) is 0 Å². The van der Waals surface area contributed by atoms with E-state index in [9.17, 15) is 0 Å². The van der Waals surface area contributed by atoms with Crippen LogP contribution in [-0.2, 0) is 0 Å². The standard InChI is InChI=1S/C6H4.4C2H5.2Ga/c1-2-4-6-5-3-1;4*1-2;;/h1-2,5-6H;4*1H2,2H3;;. The molecule has 0 radical (unpaired) electrons. The third kappa shape index (κ3) is 3.76. The van der Waals surface area contributed by atoms with Crippen molar-refractivity contribution in [2.45, 2.75) is 47.6 Å². The van der Waals surface area contributed by atoms with Crippen LogP contribution in [0.2, 0.25) is 19.9 Å². The minimum atomic E-state index is -1.08. The van der Waals surface area contributed by atoms with Gasteiger partial charge in [0.1, 0.15) is 0 Å². The van der Waals surface area contributed by atoms with Gasteiger partial charge in [-0.15, -0.1) is 0 Å². The Balaban J connectivity index is 2.81. The minimum absolute atomic E-state index is 1.08. The predicted molar refractivity (Wildman–Crippen MR) is 79.1 cm³/mol. The summed E-state index contributed by atoms with van der Waals surface area (Å²) in [6.45, 7) is 9.50. The molecular weight excluding hydrogens is 308 g/mol. The van der Waals surface area contributed by atoms with Crippen LogP contribution in [0.1, 0.15) is 27.7 Å². The second-order valence-electron chi connectivity index (χ2n) is 4.69. The van der Waals surface area contributed by atoms with Crippen molar-refractivity contribution in [2.75, 3.05) is 0 Å². The molecule has 0 amide bonds. The molecule has 0 spiro atoms. The molecule has 0 aliphatic heterocycles. The molecule has 0 nitrogen and oxygen atoms in total. The molecule has 0 aromatic heterocycles. The van der Waals surface area contributed by atoms with Crippen LogP contribution < -0.4 is 8.24 Å². The van der Waals surface area contributed by atoms with Gasteiger partial charge in [-0.25, -0.2) is 0 Å². The Morgan fingerprint density at radius 1 is 0.625 bits per heavy atom. The molecule has 0 N–H and O–H groups in total. The van der Waals surface area contributed by atoms with Crippen LogP contribution in [0.3, 0.4) is 0 Å². The average Bonchev–Trinajstić information content (AvgIpc) is 2.34. The zero-order valence-corrected chi connectivity index (χ0v) is 16.1. The van der Waals surface area contributed by atoms with Crippen LogP contribution in [-0.4, -0.2) is 32.4 Å². The van der Waals surface area contributed by atoms with Crippen molar-refractivity contribution >= 4 is 40.7 Å². The van der Waals surface area contributed by atoms with Crippen molar-refractivity contribution in [3.05, 3.63) is 24.3 Å². The summed E-state index contributed by atoms with van der Waals surface area (Å²) in [5.74, 6) is 0. The van der Waals surface area contributed by atoms with E-state index >= 15 is 0 Å². The Labute approximate surface area is 112 Å². The van der Waals surface area contributed by atoms with Gasteiger partial charge in [0.25, 0.3) is 0 Å². The van der Waals surface area contributed by atoms with Crippen molar-refractivity contribution in [3.63, 3.8) is 0 Å². The normalized spacial score (nSPS) is 10.2. The molecule has 0 saturated heterocycles. The molecule has 1 aromatic carbocycles. The van der Waals surface area contributed by atoms with Gasteiger partial charge in [-0.3, -0.25) is 0 Å². The summed E-state index contributed by atoms with van der Waals surface area (Å²) in [7, 11) is 0. The number of rotatable bonds is 6. The maximum absolute atomic E-state index is 2.47. The molecule has 86 valence electrons. The van der Waals surface area contributed by atoms with E-state index in [0.29, 0.717) is 0 Å². The molecule has 0 aliphatic rings. The molecule has 16 heavy (non-hydrogen) atoms. The van der Waals surface area contributed by atoms with Crippen molar-refractivity contribution in [1.82, 2.24) is 0 Å². The zero-order chi connectivity index (χ0) is 12.0. The van der Waals surface area contributed by atoms with Gasteiger partial charge < -0.3 is 0 Å². The van der Waals surface area contributed by atoms with E-state index in [0.717, 1.165) is 0 Å². The average molecular weight is 332 g/mol. The molecule has 0 saturated carbocycles.